The van der Waals surface area contributed by atoms with E-state index in [9.17, 15) is 9.90 Å². The molecule has 1 aliphatic heterocycles. The van der Waals surface area contributed by atoms with Crippen LogP contribution in [0, 0.1) is 0 Å². The Kier molecular flexibility index (Phi) is 7.83. The molecule has 0 saturated carbocycles. The van der Waals surface area contributed by atoms with Gasteiger partial charge < -0.3 is 25.6 Å². The summed E-state index contributed by atoms with van der Waals surface area (Å²) in [6.45, 7) is 3.93. The summed E-state index contributed by atoms with van der Waals surface area (Å²) in [5.74, 6) is 0.477. The fourth-order valence-electron chi connectivity index (χ4n) is 4.21. The van der Waals surface area contributed by atoms with Crippen LogP contribution in [0.15, 0.2) is 66.7 Å². The Morgan fingerprint density at radius 3 is 2.71 bits per heavy atom. The molecule has 0 radical (unpaired) electrons. The lowest BCUT2D eigenvalue weighted by molar-refractivity contribution is -0.136. The first-order valence-electron chi connectivity index (χ1n) is 11.8. The van der Waals surface area contributed by atoms with Gasteiger partial charge in [-0.2, -0.15) is 0 Å². The van der Waals surface area contributed by atoms with Gasteiger partial charge in [-0.1, -0.05) is 36.4 Å². The predicted octanol–water partition coefficient (Wildman–Crippen LogP) is 4.71. The Morgan fingerprint density at radius 1 is 1.09 bits per heavy atom. The third-order valence-corrected chi connectivity index (χ3v) is 6.03. The minimum atomic E-state index is -0.886. The smallest absolute Gasteiger partial charge is 0.307 e. The Labute approximate surface area is 200 Å². The van der Waals surface area contributed by atoms with E-state index in [-0.39, 0.29) is 12.5 Å². The van der Waals surface area contributed by atoms with Gasteiger partial charge in [0.2, 0.25) is 0 Å². The number of carbonyl (C=O) groups is 1. The molecule has 3 aromatic rings. The number of carboxylic acids is 1. The molecule has 0 aliphatic carbocycles. The van der Waals surface area contributed by atoms with Crippen molar-refractivity contribution in [2.45, 2.75) is 44.9 Å². The number of rotatable bonds is 10. The van der Waals surface area contributed by atoms with Crippen molar-refractivity contribution >= 4 is 5.97 Å². The van der Waals surface area contributed by atoms with Crippen LogP contribution in [-0.4, -0.2) is 30.3 Å². The van der Waals surface area contributed by atoms with Crippen molar-refractivity contribution in [3.05, 3.63) is 83.4 Å². The molecular weight excluding hydrogens is 428 g/mol. The lowest BCUT2D eigenvalue weighted by Crippen LogP contribution is -2.28. The van der Waals surface area contributed by atoms with Crippen molar-refractivity contribution in [2.24, 2.45) is 5.73 Å². The quantitative estimate of drug-likeness (QED) is 0.406. The number of hydrogen-bond acceptors (Lipinski definition) is 5. The van der Waals surface area contributed by atoms with Crippen LogP contribution in [0.25, 0.3) is 11.1 Å². The summed E-state index contributed by atoms with van der Waals surface area (Å²) in [5.41, 5.74) is 10.9. The first-order chi connectivity index (χ1) is 16.5. The molecule has 6 heteroatoms. The fraction of sp³-hybridized carbons (Fsp3) is 0.321. The number of benzene rings is 3. The number of ether oxygens (including phenoxy) is 2. The molecule has 34 heavy (non-hydrogen) atoms. The van der Waals surface area contributed by atoms with Gasteiger partial charge in [-0.05, 0) is 78.9 Å². The maximum Gasteiger partial charge on any atom is 0.307 e. The van der Waals surface area contributed by atoms with Gasteiger partial charge >= 0.3 is 5.97 Å². The molecule has 178 valence electrons. The second kappa shape index (κ2) is 11.2. The van der Waals surface area contributed by atoms with Gasteiger partial charge in [-0.3, -0.25) is 4.79 Å². The van der Waals surface area contributed by atoms with Gasteiger partial charge in [-0.25, -0.2) is 0 Å². The molecule has 1 aliphatic rings. The standard InChI is InChI=1S/C28H32N2O4/c1-19(29)21-7-4-8-22(14-21)24-12-20(13-26(15-24)33-18-25-9-5-11-30-25)17-34-27-10-3-2-6-23(27)16-28(31)32/h2-4,6-8,10,12-15,19,25,30H,5,9,11,16-18,29H2,1H3,(H,31,32). The summed E-state index contributed by atoms with van der Waals surface area (Å²) in [6.07, 6.45) is 2.21. The van der Waals surface area contributed by atoms with E-state index >= 15 is 0 Å². The van der Waals surface area contributed by atoms with E-state index in [1.54, 1.807) is 12.1 Å². The van der Waals surface area contributed by atoms with Gasteiger partial charge in [0, 0.05) is 17.6 Å². The predicted molar refractivity (Wildman–Crippen MR) is 133 cm³/mol. The van der Waals surface area contributed by atoms with Crippen molar-refractivity contribution in [1.82, 2.24) is 5.32 Å². The number of carboxylic acid groups (broad SMARTS) is 1. The number of nitrogens with one attached hydrogen (secondary N) is 1. The van der Waals surface area contributed by atoms with Crippen molar-refractivity contribution in [1.29, 1.82) is 0 Å². The molecule has 3 aromatic carbocycles. The Morgan fingerprint density at radius 2 is 1.94 bits per heavy atom. The summed E-state index contributed by atoms with van der Waals surface area (Å²) >= 11 is 0. The van der Waals surface area contributed by atoms with Gasteiger partial charge in [-0.15, -0.1) is 0 Å². The van der Waals surface area contributed by atoms with E-state index < -0.39 is 5.97 Å². The van der Waals surface area contributed by atoms with Crippen LogP contribution in [0.5, 0.6) is 11.5 Å². The Hall–Kier alpha value is -3.35. The van der Waals surface area contributed by atoms with Crippen molar-refractivity contribution in [2.75, 3.05) is 13.2 Å². The molecule has 1 heterocycles. The second-order valence-electron chi connectivity index (χ2n) is 8.85. The molecule has 0 amide bonds. The SMILES string of the molecule is CC(N)c1cccc(-c2cc(COc3ccccc3CC(=O)O)cc(OCC3CCCN3)c2)c1. The highest BCUT2D eigenvalue weighted by Gasteiger charge is 2.15. The van der Waals surface area contributed by atoms with Crippen molar-refractivity contribution in [3.8, 4) is 22.6 Å². The van der Waals surface area contributed by atoms with Crippen LogP contribution in [0.3, 0.4) is 0 Å². The zero-order valence-corrected chi connectivity index (χ0v) is 19.5. The molecular formula is C28H32N2O4. The highest BCUT2D eigenvalue weighted by atomic mass is 16.5. The minimum Gasteiger partial charge on any atom is -0.492 e. The summed E-state index contributed by atoms with van der Waals surface area (Å²) in [4.78, 5) is 11.2. The first-order valence-corrected chi connectivity index (χ1v) is 11.8. The van der Waals surface area contributed by atoms with Crippen LogP contribution in [0.4, 0.5) is 0 Å². The van der Waals surface area contributed by atoms with Crippen LogP contribution in [-0.2, 0) is 17.8 Å². The summed E-state index contributed by atoms with van der Waals surface area (Å²) in [7, 11) is 0. The number of aliphatic carboxylic acids is 1. The van der Waals surface area contributed by atoms with Crippen molar-refractivity contribution in [3.63, 3.8) is 0 Å². The zero-order valence-electron chi connectivity index (χ0n) is 19.5. The van der Waals surface area contributed by atoms with Crippen LogP contribution in [0.2, 0.25) is 0 Å². The summed E-state index contributed by atoms with van der Waals surface area (Å²) in [5, 5.41) is 12.7. The van der Waals surface area contributed by atoms with Gasteiger partial charge in [0.15, 0.2) is 0 Å². The average molecular weight is 461 g/mol. The van der Waals surface area contributed by atoms with E-state index in [0.29, 0.717) is 30.6 Å². The molecule has 6 nitrogen and oxygen atoms in total. The normalized spacial score (nSPS) is 16.2. The van der Waals surface area contributed by atoms with Crippen LogP contribution in [0.1, 0.15) is 42.5 Å². The molecule has 1 fully saturated rings. The lowest BCUT2D eigenvalue weighted by atomic mass is 9.98. The average Bonchev–Trinajstić information content (AvgIpc) is 3.36. The molecule has 2 atom stereocenters. The van der Waals surface area contributed by atoms with E-state index in [4.69, 9.17) is 15.2 Å². The monoisotopic (exact) mass is 460 g/mol. The molecule has 4 N–H and O–H groups in total. The Balaban J connectivity index is 1.59. The van der Waals surface area contributed by atoms with Gasteiger partial charge in [0.25, 0.3) is 0 Å². The third kappa shape index (κ3) is 6.37. The highest BCUT2D eigenvalue weighted by molar-refractivity contribution is 5.71. The lowest BCUT2D eigenvalue weighted by Gasteiger charge is -2.16. The maximum atomic E-state index is 11.2. The van der Waals surface area contributed by atoms with Gasteiger partial charge in [0.05, 0.1) is 6.42 Å². The molecule has 0 bridgehead atoms. The van der Waals surface area contributed by atoms with Crippen LogP contribution >= 0.6 is 0 Å². The minimum absolute atomic E-state index is 0.0543. The topological polar surface area (TPSA) is 93.8 Å². The zero-order chi connectivity index (χ0) is 23.9. The van der Waals surface area contributed by atoms with Crippen LogP contribution < -0.4 is 20.5 Å². The molecule has 4 rings (SSSR count). The van der Waals surface area contributed by atoms with Crippen molar-refractivity contribution < 1.29 is 19.4 Å². The fourth-order valence-corrected chi connectivity index (χ4v) is 4.21. The third-order valence-electron chi connectivity index (χ3n) is 6.03. The van der Waals surface area contributed by atoms with E-state index in [0.717, 1.165) is 41.0 Å². The number of para-hydroxylation sites is 1. The summed E-state index contributed by atoms with van der Waals surface area (Å²) < 4.78 is 12.2. The summed E-state index contributed by atoms with van der Waals surface area (Å²) in [6, 6.07) is 21.9. The maximum absolute atomic E-state index is 11.2. The highest BCUT2D eigenvalue weighted by Crippen LogP contribution is 2.29. The van der Waals surface area contributed by atoms with E-state index in [2.05, 4.69) is 29.6 Å². The van der Waals surface area contributed by atoms with E-state index in [1.807, 2.05) is 37.3 Å². The molecule has 0 spiro atoms. The Bertz CT molecular complexity index is 1120. The molecule has 0 aromatic heterocycles. The largest absolute Gasteiger partial charge is 0.492 e. The first kappa shape index (κ1) is 23.8. The molecule has 2 unspecified atom stereocenters. The molecule has 1 saturated heterocycles. The second-order valence-corrected chi connectivity index (χ2v) is 8.85. The number of hydrogen-bond donors (Lipinski definition) is 3. The number of nitrogens with two attached hydrogens (primary N) is 1. The van der Waals surface area contributed by atoms with E-state index in [1.165, 1.54) is 6.42 Å². The van der Waals surface area contributed by atoms with Gasteiger partial charge in [0.1, 0.15) is 24.7 Å².